The summed E-state index contributed by atoms with van der Waals surface area (Å²) in [6.45, 7) is 13.0. The second kappa shape index (κ2) is 8.34. The van der Waals surface area contributed by atoms with Gasteiger partial charge >= 0.3 is 0 Å². The van der Waals surface area contributed by atoms with E-state index in [4.69, 9.17) is 0 Å². The maximum Gasteiger partial charge on any atom is 0.243 e. The van der Waals surface area contributed by atoms with Gasteiger partial charge in [0.25, 0.3) is 0 Å². The zero-order valence-corrected chi connectivity index (χ0v) is 15.8. The number of nitrogens with zero attached hydrogens (tertiary/aromatic N) is 2. The van der Waals surface area contributed by atoms with E-state index >= 15 is 0 Å². The van der Waals surface area contributed by atoms with Crippen molar-refractivity contribution in [2.75, 3.05) is 49.5 Å². The van der Waals surface area contributed by atoms with Crippen LogP contribution in [0.15, 0.2) is 24.3 Å². The average molecular weight is 346 g/mol. The fraction of sp³-hybridized carbons (Fsp3) is 0.579. The highest BCUT2D eigenvalue weighted by molar-refractivity contribution is 5.95. The van der Waals surface area contributed by atoms with Crippen molar-refractivity contribution < 1.29 is 9.59 Å². The highest BCUT2D eigenvalue weighted by Gasteiger charge is 2.21. The molecule has 6 heteroatoms. The number of carbonyl (C=O) groups excluding carboxylic acids is 2. The van der Waals surface area contributed by atoms with E-state index in [0.717, 1.165) is 38.4 Å². The Balaban J connectivity index is 1.82. The molecule has 0 atom stereocenters. The van der Waals surface area contributed by atoms with Crippen molar-refractivity contribution in [3.63, 3.8) is 0 Å². The van der Waals surface area contributed by atoms with Crippen LogP contribution in [0.1, 0.15) is 27.7 Å². The summed E-state index contributed by atoms with van der Waals surface area (Å²) in [7, 11) is 0. The number of benzene rings is 1. The molecule has 0 bridgehead atoms. The summed E-state index contributed by atoms with van der Waals surface area (Å²) in [6, 6.07) is 7.88. The van der Waals surface area contributed by atoms with E-state index in [2.05, 4.69) is 27.4 Å². The van der Waals surface area contributed by atoms with Crippen LogP contribution in [0, 0.1) is 5.41 Å². The van der Waals surface area contributed by atoms with E-state index in [1.807, 2.05) is 45.0 Å². The van der Waals surface area contributed by atoms with Crippen LogP contribution in [0.5, 0.6) is 0 Å². The Bertz CT molecular complexity index is 584. The second-order valence-electron chi connectivity index (χ2n) is 7.45. The van der Waals surface area contributed by atoms with Gasteiger partial charge in [-0.05, 0) is 30.8 Å². The minimum atomic E-state index is -0.496. The summed E-state index contributed by atoms with van der Waals surface area (Å²) in [5, 5.41) is 5.47. The molecule has 25 heavy (non-hydrogen) atoms. The van der Waals surface area contributed by atoms with Crippen molar-refractivity contribution in [1.82, 2.24) is 10.2 Å². The molecule has 0 aromatic heterocycles. The first-order valence-corrected chi connectivity index (χ1v) is 8.95. The van der Waals surface area contributed by atoms with Gasteiger partial charge in [-0.3, -0.25) is 9.59 Å². The third kappa shape index (κ3) is 5.74. The third-order valence-electron chi connectivity index (χ3n) is 4.43. The minimum absolute atomic E-state index is 0.0170. The molecule has 1 aromatic rings. The molecule has 1 aliphatic rings. The molecule has 2 N–H and O–H groups in total. The molecular weight excluding hydrogens is 316 g/mol. The van der Waals surface area contributed by atoms with Gasteiger partial charge in [-0.2, -0.15) is 0 Å². The number of likely N-dealkylation sites (N-methyl/N-ethyl adjacent to an activating group) is 1. The van der Waals surface area contributed by atoms with E-state index in [-0.39, 0.29) is 18.4 Å². The van der Waals surface area contributed by atoms with Crippen molar-refractivity contribution >= 4 is 23.2 Å². The molecule has 138 valence electrons. The number of amides is 2. The monoisotopic (exact) mass is 346 g/mol. The Labute approximate surface area is 150 Å². The predicted octanol–water partition coefficient (Wildman–Crippen LogP) is 1.93. The van der Waals surface area contributed by atoms with Crippen LogP contribution >= 0.6 is 0 Å². The predicted molar refractivity (Wildman–Crippen MR) is 102 cm³/mol. The van der Waals surface area contributed by atoms with Gasteiger partial charge in [0, 0.05) is 43.0 Å². The lowest BCUT2D eigenvalue weighted by atomic mass is 9.96. The van der Waals surface area contributed by atoms with Gasteiger partial charge in [0.2, 0.25) is 11.8 Å². The standard InChI is InChI=1S/C19H30N4O2/c1-5-22-10-12-23(13-11-22)16-8-6-15(7-9-16)21-17(24)14-20-18(25)19(2,3)4/h6-9H,5,10-14H2,1-4H3,(H,20,25)(H,21,24). The first-order chi connectivity index (χ1) is 11.8. The Kier molecular flexibility index (Phi) is 6.42. The largest absolute Gasteiger partial charge is 0.369 e. The number of rotatable bonds is 5. The van der Waals surface area contributed by atoms with Crippen LogP contribution in [0.4, 0.5) is 11.4 Å². The first kappa shape index (κ1) is 19.2. The van der Waals surface area contributed by atoms with Gasteiger partial charge in [-0.25, -0.2) is 0 Å². The van der Waals surface area contributed by atoms with E-state index in [0.29, 0.717) is 0 Å². The summed E-state index contributed by atoms with van der Waals surface area (Å²) in [6.07, 6.45) is 0. The number of hydrogen-bond acceptors (Lipinski definition) is 4. The molecule has 2 rings (SSSR count). The summed E-state index contributed by atoms with van der Waals surface area (Å²) >= 11 is 0. The van der Waals surface area contributed by atoms with Crippen molar-refractivity contribution in [1.29, 1.82) is 0 Å². The maximum absolute atomic E-state index is 12.0. The SMILES string of the molecule is CCN1CCN(c2ccc(NC(=O)CNC(=O)C(C)(C)C)cc2)CC1. The lowest BCUT2D eigenvalue weighted by Crippen LogP contribution is -2.46. The lowest BCUT2D eigenvalue weighted by Gasteiger charge is -2.35. The molecule has 1 aromatic carbocycles. The second-order valence-corrected chi connectivity index (χ2v) is 7.45. The molecule has 0 saturated carbocycles. The van der Waals surface area contributed by atoms with Crippen LogP contribution in [0.3, 0.4) is 0 Å². The molecule has 0 spiro atoms. The van der Waals surface area contributed by atoms with Gasteiger partial charge in [0.1, 0.15) is 0 Å². The zero-order valence-electron chi connectivity index (χ0n) is 15.8. The van der Waals surface area contributed by atoms with Crippen LogP contribution in [0.2, 0.25) is 0 Å². The summed E-state index contributed by atoms with van der Waals surface area (Å²) in [5.74, 6) is -0.355. The van der Waals surface area contributed by atoms with Crippen molar-refractivity contribution in [3.8, 4) is 0 Å². The Morgan fingerprint density at radius 3 is 2.16 bits per heavy atom. The number of hydrogen-bond donors (Lipinski definition) is 2. The zero-order chi connectivity index (χ0) is 18.4. The topological polar surface area (TPSA) is 64.7 Å². The van der Waals surface area contributed by atoms with Crippen molar-refractivity contribution in [3.05, 3.63) is 24.3 Å². The molecule has 6 nitrogen and oxygen atoms in total. The molecule has 0 aliphatic carbocycles. The summed E-state index contributed by atoms with van der Waals surface area (Å²) in [4.78, 5) is 28.5. The summed E-state index contributed by atoms with van der Waals surface area (Å²) < 4.78 is 0. The fourth-order valence-electron chi connectivity index (χ4n) is 2.71. The van der Waals surface area contributed by atoms with Gasteiger partial charge in [0.15, 0.2) is 0 Å². The van der Waals surface area contributed by atoms with E-state index in [1.54, 1.807) is 0 Å². The number of anilines is 2. The highest BCUT2D eigenvalue weighted by atomic mass is 16.2. The van der Waals surface area contributed by atoms with Gasteiger partial charge in [-0.15, -0.1) is 0 Å². The van der Waals surface area contributed by atoms with Gasteiger partial charge < -0.3 is 20.4 Å². The van der Waals surface area contributed by atoms with E-state index in [1.165, 1.54) is 5.69 Å². The number of carbonyl (C=O) groups is 2. The Morgan fingerprint density at radius 1 is 1.04 bits per heavy atom. The third-order valence-corrected chi connectivity index (χ3v) is 4.43. The molecule has 0 radical (unpaired) electrons. The molecule has 1 aliphatic heterocycles. The number of nitrogens with one attached hydrogen (secondary N) is 2. The highest BCUT2D eigenvalue weighted by Crippen LogP contribution is 2.19. The van der Waals surface area contributed by atoms with E-state index in [9.17, 15) is 9.59 Å². The van der Waals surface area contributed by atoms with E-state index < -0.39 is 5.41 Å². The molecule has 1 saturated heterocycles. The fourth-order valence-corrected chi connectivity index (χ4v) is 2.71. The Morgan fingerprint density at radius 2 is 1.64 bits per heavy atom. The quantitative estimate of drug-likeness (QED) is 0.855. The summed E-state index contributed by atoms with van der Waals surface area (Å²) in [5.41, 5.74) is 1.42. The molecular formula is C19H30N4O2. The smallest absolute Gasteiger partial charge is 0.243 e. The molecule has 2 amide bonds. The number of piperazine rings is 1. The first-order valence-electron chi connectivity index (χ1n) is 8.95. The van der Waals surface area contributed by atoms with Gasteiger partial charge in [-0.1, -0.05) is 27.7 Å². The van der Waals surface area contributed by atoms with Crippen molar-refractivity contribution in [2.24, 2.45) is 5.41 Å². The van der Waals surface area contributed by atoms with Crippen LogP contribution in [0.25, 0.3) is 0 Å². The molecule has 1 heterocycles. The lowest BCUT2D eigenvalue weighted by molar-refractivity contribution is -0.130. The molecule has 0 unspecified atom stereocenters. The average Bonchev–Trinajstić information content (AvgIpc) is 2.59. The van der Waals surface area contributed by atoms with Crippen LogP contribution < -0.4 is 15.5 Å². The normalized spacial score (nSPS) is 15.8. The molecule has 1 fully saturated rings. The van der Waals surface area contributed by atoms with Gasteiger partial charge in [0.05, 0.1) is 6.54 Å². The van der Waals surface area contributed by atoms with Crippen LogP contribution in [-0.2, 0) is 9.59 Å². The minimum Gasteiger partial charge on any atom is -0.369 e. The van der Waals surface area contributed by atoms with Crippen LogP contribution in [-0.4, -0.2) is 56.0 Å². The maximum atomic E-state index is 12.0. The Hall–Kier alpha value is -2.08. The van der Waals surface area contributed by atoms with Crippen molar-refractivity contribution in [2.45, 2.75) is 27.7 Å².